The van der Waals surface area contributed by atoms with Crippen molar-refractivity contribution in [2.45, 2.75) is 38.1 Å². The number of hydrogen-bond donors (Lipinski definition) is 0. The standard InChI is InChI=1S/C22H34N4O2/c27-22(25-14-16-28-17-15-25)19-4-3-10-26(18-19)21-7-12-24(13-8-21)11-6-20-5-1-2-9-23-20/h1-2,5,9,19,21H,3-4,6-8,10-18H2. The van der Waals surface area contributed by atoms with Gasteiger partial charge in [0, 0.05) is 50.5 Å². The number of morpholine rings is 1. The summed E-state index contributed by atoms with van der Waals surface area (Å²) in [5.41, 5.74) is 1.19. The summed E-state index contributed by atoms with van der Waals surface area (Å²) in [6.07, 6.45) is 7.56. The van der Waals surface area contributed by atoms with Gasteiger partial charge in [-0.1, -0.05) is 6.07 Å². The Kier molecular flexibility index (Phi) is 6.94. The molecule has 0 saturated carbocycles. The number of rotatable bonds is 5. The van der Waals surface area contributed by atoms with Crippen LogP contribution >= 0.6 is 0 Å². The van der Waals surface area contributed by atoms with E-state index in [0.29, 0.717) is 25.2 Å². The average molecular weight is 387 g/mol. The molecule has 0 bridgehead atoms. The van der Waals surface area contributed by atoms with Crippen LogP contribution in [0.2, 0.25) is 0 Å². The molecule has 0 aromatic carbocycles. The summed E-state index contributed by atoms with van der Waals surface area (Å²) in [6.45, 7) is 8.46. The van der Waals surface area contributed by atoms with Crippen LogP contribution in [0.5, 0.6) is 0 Å². The zero-order chi connectivity index (χ0) is 19.2. The van der Waals surface area contributed by atoms with E-state index in [1.54, 1.807) is 0 Å². The van der Waals surface area contributed by atoms with E-state index >= 15 is 0 Å². The molecule has 0 aliphatic carbocycles. The summed E-state index contributed by atoms with van der Waals surface area (Å²) in [6, 6.07) is 6.81. The lowest BCUT2D eigenvalue weighted by Gasteiger charge is -2.43. The van der Waals surface area contributed by atoms with Gasteiger partial charge in [-0.15, -0.1) is 0 Å². The maximum absolute atomic E-state index is 12.9. The Morgan fingerprint density at radius 2 is 1.89 bits per heavy atom. The first kappa shape index (κ1) is 19.8. The van der Waals surface area contributed by atoms with Crippen LogP contribution in [0, 0.1) is 5.92 Å². The lowest BCUT2D eigenvalue weighted by atomic mass is 9.92. The Bertz CT molecular complexity index is 612. The van der Waals surface area contributed by atoms with Crippen molar-refractivity contribution in [1.82, 2.24) is 19.7 Å². The summed E-state index contributed by atoms with van der Waals surface area (Å²) in [7, 11) is 0. The number of carbonyl (C=O) groups excluding carboxylic acids is 1. The molecule has 0 radical (unpaired) electrons. The number of pyridine rings is 1. The molecule has 3 saturated heterocycles. The third kappa shape index (κ3) is 5.10. The number of nitrogens with zero attached hydrogens (tertiary/aromatic N) is 4. The predicted octanol–water partition coefficient (Wildman–Crippen LogP) is 1.66. The lowest BCUT2D eigenvalue weighted by Crippen LogP contribution is -2.52. The summed E-state index contributed by atoms with van der Waals surface area (Å²) >= 11 is 0. The average Bonchev–Trinajstić information content (AvgIpc) is 2.79. The fraction of sp³-hybridized carbons (Fsp3) is 0.727. The van der Waals surface area contributed by atoms with Crippen molar-refractivity contribution in [3.63, 3.8) is 0 Å². The Morgan fingerprint density at radius 1 is 1.07 bits per heavy atom. The first-order valence-electron chi connectivity index (χ1n) is 11.0. The molecule has 1 aromatic heterocycles. The van der Waals surface area contributed by atoms with E-state index < -0.39 is 0 Å². The fourth-order valence-electron chi connectivity index (χ4n) is 4.91. The van der Waals surface area contributed by atoms with Crippen molar-refractivity contribution in [2.24, 2.45) is 5.92 Å². The minimum atomic E-state index is 0.189. The van der Waals surface area contributed by atoms with Gasteiger partial charge in [0.1, 0.15) is 0 Å². The van der Waals surface area contributed by atoms with Crippen molar-refractivity contribution >= 4 is 5.91 Å². The molecule has 3 aliphatic heterocycles. The molecule has 6 nitrogen and oxygen atoms in total. The molecule has 0 N–H and O–H groups in total. The normalized spacial score (nSPS) is 25.7. The van der Waals surface area contributed by atoms with Gasteiger partial charge in [0.15, 0.2) is 0 Å². The molecule has 0 spiro atoms. The molecule has 4 heterocycles. The van der Waals surface area contributed by atoms with Gasteiger partial charge in [0.25, 0.3) is 0 Å². The minimum absolute atomic E-state index is 0.189. The van der Waals surface area contributed by atoms with Crippen LogP contribution in [0.4, 0.5) is 0 Å². The zero-order valence-electron chi connectivity index (χ0n) is 17.0. The second-order valence-electron chi connectivity index (χ2n) is 8.42. The smallest absolute Gasteiger partial charge is 0.227 e. The third-order valence-corrected chi connectivity index (χ3v) is 6.61. The van der Waals surface area contributed by atoms with Crippen molar-refractivity contribution in [2.75, 3.05) is 59.0 Å². The van der Waals surface area contributed by atoms with Crippen molar-refractivity contribution in [1.29, 1.82) is 0 Å². The first-order chi connectivity index (χ1) is 13.8. The van der Waals surface area contributed by atoms with Crippen molar-refractivity contribution in [3.8, 4) is 0 Å². The van der Waals surface area contributed by atoms with Gasteiger partial charge in [0.05, 0.1) is 19.1 Å². The number of ether oxygens (including phenoxy) is 1. The molecule has 1 aromatic rings. The number of amides is 1. The maximum Gasteiger partial charge on any atom is 0.227 e. The highest BCUT2D eigenvalue weighted by molar-refractivity contribution is 5.79. The summed E-state index contributed by atoms with van der Waals surface area (Å²) in [5, 5.41) is 0. The van der Waals surface area contributed by atoms with Gasteiger partial charge in [0.2, 0.25) is 5.91 Å². The summed E-state index contributed by atoms with van der Waals surface area (Å²) in [4.78, 5) is 24.5. The molecular weight excluding hydrogens is 352 g/mol. The number of hydrogen-bond acceptors (Lipinski definition) is 5. The van der Waals surface area contributed by atoms with Gasteiger partial charge in [-0.25, -0.2) is 0 Å². The Hall–Kier alpha value is -1.50. The van der Waals surface area contributed by atoms with E-state index in [0.717, 1.165) is 65.1 Å². The van der Waals surface area contributed by atoms with E-state index in [-0.39, 0.29) is 5.92 Å². The second kappa shape index (κ2) is 9.81. The minimum Gasteiger partial charge on any atom is -0.378 e. The van der Waals surface area contributed by atoms with Crippen LogP contribution in [0.25, 0.3) is 0 Å². The Labute approximate surface area is 168 Å². The topological polar surface area (TPSA) is 48.9 Å². The van der Waals surface area contributed by atoms with Crippen LogP contribution in [-0.4, -0.2) is 90.7 Å². The van der Waals surface area contributed by atoms with Gasteiger partial charge in [-0.05, 0) is 57.5 Å². The number of likely N-dealkylation sites (tertiary alicyclic amines) is 2. The van der Waals surface area contributed by atoms with Crippen molar-refractivity contribution < 1.29 is 9.53 Å². The number of aromatic nitrogens is 1. The van der Waals surface area contributed by atoms with E-state index in [2.05, 4.69) is 26.9 Å². The van der Waals surface area contributed by atoms with Crippen LogP contribution in [0.3, 0.4) is 0 Å². The summed E-state index contributed by atoms with van der Waals surface area (Å²) in [5.74, 6) is 0.551. The molecule has 3 aliphatic rings. The van der Waals surface area contributed by atoms with E-state index in [9.17, 15) is 4.79 Å². The highest BCUT2D eigenvalue weighted by Crippen LogP contribution is 2.25. The quantitative estimate of drug-likeness (QED) is 0.770. The van der Waals surface area contributed by atoms with Crippen LogP contribution in [0.1, 0.15) is 31.4 Å². The fourth-order valence-corrected chi connectivity index (χ4v) is 4.91. The highest BCUT2D eigenvalue weighted by Gasteiger charge is 2.33. The molecular formula is C22H34N4O2. The monoisotopic (exact) mass is 386 g/mol. The molecule has 4 rings (SSSR count). The molecule has 1 unspecified atom stereocenters. The number of piperidine rings is 2. The third-order valence-electron chi connectivity index (χ3n) is 6.61. The van der Waals surface area contributed by atoms with Gasteiger partial charge >= 0.3 is 0 Å². The highest BCUT2D eigenvalue weighted by atomic mass is 16.5. The largest absolute Gasteiger partial charge is 0.378 e. The SMILES string of the molecule is O=C(C1CCCN(C2CCN(CCc3ccccn3)CC2)C1)N1CCOCC1. The Balaban J connectivity index is 1.22. The molecule has 1 atom stereocenters. The number of carbonyl (C=O) groups is 1. The van der Waals surface area contributed by atoms with E-state index in [1.807, 2.05) is 17.2 Å². The van der Waals surface area contributed by atoms with Crippen LogP contribution in [-0.2, 0) is 16.0 Å². The molecule has 3 fully saturated rings. The van der Waals surface area contributed by atoms with Crippen LogP contribution < -0.4 is 0 Å². The molecule has 154 valence electrons. The maximum atomic E-state index is 12.9. The first-order valence-corrected chi connectivity index (χ1v) is 11.0. The lowest BCUT2D eigenvalue weighted by molar-refractivity contribution is -0.142. The second-order valence-corrected chi connectivity index (χ2v) is 8.42. The van der Waals surface area contributed by atoms with Gasteiger partial charge in [-0.3, -0.25) is 14.7 Å². The van der Waals surface area contributed by atoms with E-state index in [1.165, 1.54) is 18.5 Å². The predicted molar refractivity (Wildman–Crippen MR) is 109 cm³/mol. The van der Waals surface area contributed by atoms with Gasteiger partial charge in [-0.2, -0.15) is 0 Å². The van der Waals surface area contributed by atoms with E-state index in [4.69, 9.17) is 4.74 Å². The Morgan fingerprint density at radius 3 is 2.64 bits per heavy atom. The zero-order valence-corrected chi connectivity index (χ0v) is 17.0. The van der Waals surface area contributed by atoms with Crippen molar-refractivity contribution in [3.05, 3.63) is 30.1 Å². The van der Waals surface area contributed by atoms with Gasteiger partial charge < -0.3 is 14.5 Å². The van der Waals surface area contributed by atoms with Crippen LogP contribution in [0.15, 0.2) is 24.4 Å². The molecule has 28 heavy (non-hydrogen) atoms. The molecule has 1 amide bonds. The molecule has 6 heteroatoms. The summed E-state index contributed by atoms with van der Waals surface area (Å²) < 4.78 is 5.40.